The first-order valence-electron chi connectivity index (χ1n) is 9.33. The van der Waals surface area contributed by atoms with Gasteiger partial charge in [-0.2, -0.15) is 5.10 Å². The Bertz CT molecular complexity index is 1220. The molecule has 4 aromatic carbocycles. The Morgan fingerprint density at radius 3 is 2.07 bits per heavy atom. The smallest absolute Gasteiger partial charge is 0.134 e. The molecule has 0 spiro atoms. The van der Waals surface area contributed by atoms with E-state index in [0.29, 0.717) is 0 Å². The minimum atomic E-state index is 0.931. The van der Waals surface area contributed by atoms with Gasteiger partial charge in [0.1, 0.15) is 5.82 Å². The summed E-state index contributed by atoms with van der Waals surface area (Å²) in [5.41, 5.74) is 4.09. The van der Waals surface area contributed by atoms with Crippen molar-refractivity contribution < 1.29 is 0 Å². The van der Waals surface area contributed by atoms with Crippen molar-refractivity contribution >= 4 is 22.3 Å². The van der Waals surface area contributed by atoms with Crippen LogP contribution in [0.4, 0.5) is 11.5 Å². The quantitative estimate of drug-likeness (QED) is 0.399. The van der Waals surface area contributed by atoms with Gasteiger partial charge in [-0.1, -0.05) is 78.9 Å². The summed E-state index contributed by atoms with van der Waals surface area (Å²) in [7, 11) is 0. The molecule has 28 heavy (non-hydrogen) atoms. The van der Waals surface area contributed by atoms with E-state index < -0.39 is 0 Å². The lowest BCUT2D eigenvalue weighted by molar-refractivity contribution is 0.892. The number of nitrogens with zero attached hydrogens (tertiary/aromatic N) is 2. The maximum atomic E-state index is 4.86. The zero-order valence-electron chi connectivity index (χ0n) is 15.3. The minimum Gasteiger partial charge on any atom is -0.340 e. The van der Waals surface area contributed by atoms with E-state index in [2.05, 4.69) is 78.1 Å². The van der Waals surface area contributed by atoms with Gasteiger partial charge < -0.3 is 5.32 Å². The van der Waals surface area contributed by atoms with Crippen molar-refractivity contribution in [3.05, 3.63) is 109 Å². The summed E-state index contributed by atoms with van der Waals surface area (Å²) in [6, 6.07) is 37.3. The van der Waals surface area contributed by atoms with E-state index in [-0.39, 0.29) is 0 Å². The molecule has 0 saturated carbocycles. The highest BCUT2D eigenvalue weighted by Crippen LogP contribution is 2.28. The molecule has 0 aliphatic rings. The van der Waals surface area contributed by atoms with Crippen LogP contribution in [0.1, 0.15) is 0 Å². The fraction of sp³-hybridized carbons (Fsp3) is 0. The standard InChI is InChI=1S/C25H19N3/c1-3-10-20(11-4-1)24-18-25(28(27-24)23-13-5-2-6-14-23)26-22-16-15-19-9-7-8-12-21(19)17-22/h1-18,26H. The minimum absolute atomic E-state index is 0.931. The van der Waals surface area contributed by atoms with E-state index in [1.54, 1.807) is 0 Å². The topological polar surface area (TPSA) is 29.9 Å². The van der Waals surface area contributed by atoms with Gasteiger partial charge >= 0.3 is 0 Å². The second-order valence-corrected chi connectivity index (χ2v) is 6.72. The molecule has 3 nitrogen and oxygen atoms in total. The zero-order valence-corrected chi connectivity index (χ0v) is 15.3. The summed E-state index contributed by atoms with van der Waals surface area (Å²) in [5, 5.41) is 10.9. The molecule has 0 saturated heterocycles. The second-order valence-electron chi connectivity index (χ2n) is 6.72. The van der Waals surface area contributed by atoms with Crippen LogP contribution in [0.25, 0.3) is 27.7 Å². The Balaban J connectivity index is 1.59. The summed E-state index contributed by atoms with van der Waals surface area (Å²) in [6.07, 6.45) is 0. The average Bonchev–Trinajstić information content (AvgIpc) is 3.19. The van der Waals surface area contributed by atoms with Crippen molar-refractivity contribution in [2.24, 2.45) is 0 Å². The number of benzene rings is 4. The summed E-state index contributed by atoms with van der Waals surface area (Å²) in [4.78, 5) is 0. The number of para-hydroxylation sites is 1. The monoisotopic (exact) mass is 361 g/mol. The summed E-state index contributed by atoms with van der Waals surface area (Å²) in [6.45, 7) is 0. The number of nitrogens with one attached hydrogen (secondary N) is 1. The molecule has 1 aromatic heterocycles. The van der Waals surface area contributed by atoms with Crippen LogP contribution < -0.4 is 5.32 Å². The van der Waals surface area contributed by atoms with Gasteiger partial charge in [-0.25, -0.2) is 4.68 Å². The van der Waals surface area contributed by atoms with Crippen molar-refractivity contribution in [1.82, 2.24) is 9.78 Å². The van der Waals surface area contributed by atoms with Crippen LogP contribution in [0, 0.1) is 0 Å². The Morgan fingerprint density at radius 1 is 0.607 bits per heavy atom. The van der Waals surface area contributed by atoms with Gasteiger partial charge in [0.05, 0.1) is 11.4 Å². The molecule has 1 N–H and O–H groups in total. The third-order valence-corrected chi connectivity index (χ3v) is 4.80. The highest BCUT2D eigenvalue weighted by Gasteiger charge is 2.11. The summed E-state index contributed by atoms with van der Waals surface area (Å²) in [5.74, 6) is 0.931. The van der Waals surface area contributed by atoms with Crippen LogP contribution >= 0.6 is 0 Å². The van der Waals surface area contributed by atoms with Gasteiger partial charge in [0, 0.05) is 17.3 Å². The van der Waals surface area contributed by atoms with E-state index in [0.717, 1.165) is 28.5 Å². The number of hydrogen-bond acceptors (Lipinski definition) is 2. The number of fused-ring (bicyclic) bond motifs is 1. The highest BCUT2D eigenvalue weighted by molar-refractivity contribution is 5.86. The van der Waals surface area contributed by atoms with Gasteiger partial charge in [-0.3, -0.25) is 0 Å². The molecule has 0 bridgehead atoms. The molecule has 5 rings (SSSR count). The van der Waals surface area contributed by atoms with Gasteiger partial charge in [0.2, 0.25) is 0 Å². The second kappa shape index (κ2) is 7.05. The van der Waals surface area contributed by atoms with Gasteiger partial charge in [0.15, 0.2) is 0 Å². The third kappa shape index (κ3) is 3.14. The zero-order chi connectivity index (χ0) is 18.8. The van der Waals surface area contributed by atoms with Crippen molar-refractivity contribution in [2.75, 3.05) is 5.32 Å². The highest BCUT2D eigenvalue weighted by atomic mass is 15.3. The molecule has 1 heterocycles. The van der Waals surface area contributed by atoms with Crippen LogP contribution in [-0.2, 0) is 0 Å². The fourth-order valence-corrected chi connectivity index (χ4v) is 3.40. The number of rotatable bonds is 4. The molecule has 5 aromatic rings. The maximum absolute atomic E-state index is 4.86. The molecule has 0 aliphatic heterocycles. The van der Waals surface area contributed by atoms with Crippen molar-refractivity contribution in [3.63, 3.8) is 0 Å². The predicted molar refractivity (Wildman–Crippen MR) is 116 cm³/mol. The predicted octanol–water partition coefficient (Wildman–Crippen LogP) is 6.44. The maximum Gasteiger partial charge on any atom is 0.134 e. The number of hydrogen-bond donors (Lipinski definition) is 1. The van der Waals surface area contributed by atoms with Crippen molar-refractivity contribution in [2.45, 2.75) is 0 Å². The first kappa shape index (κ1) is 16.3. The Labute approximate surface area is 163 Å². The van der Waals surface area contributed by atoms with Gasteiger partial charge in [-0.05, 0) is 35.0 Å². The molecular weight excluding hydrogens is 342 g/mol. The van der Waals surface area contributed by atoms with Gasteiger partial charge in [0.25, 0.3) is 0 Å². The molecule has 134 valence electrons. The SMILES string of the molecule is c1ccc(-c2cc(Nc3ccc4ccccc4c3)n(-c3ccccc3)n2)cc1. The van der Waals surface area contributed by atoms with Crippen LogP contribution in [0.2, 0.25) is 0 Å². The summed E-state index contributed by atoms with van der Waals surface area (Å²) >= 11 is 0. The van der Waals surface area contributed by atoms with Crippen molar-refractivity contribution in [3.8, 4) is 16.9 Å². The van der Waals surface area contributed by atoms with Crippen LogP contribution in [0.15, 0.2) is 109 Å². The molecule has 0 radical (unpaired) electrons. The lowest BCUT2D eigenvalue weighted by Gasteiger charge is -2.10. The fourth-order valence-electron chi connectivity index (χ4n) is 3.40. The van der Waals surface area contributed by atoms with Crippen molar-refractivity contribution in [1.29, 1.82) is 0 Å². The Morgan fingerprint density at radius 2 is 1.29 bits per heavy atom. The number of anilines is 2. The van der Waals surface area contributed by atoms with E-state index in [1.807, 2.05) is 41.1 Å². The largest absolute Gasteiger partial charge is 0.340 e. The number of aromatic nitrogens is 2. The lowest BCUT2D eigenvalue weighted by Crippen LogP contribution is -2.02. The summed E-state index contributed by atoms with van der Waals surface area (Å²) < 4.78 is 1.96. The molecule has 0 amide bonds. The normalized spacial score (nSPS) is 10.9. The van der Waals surface area contributed by atoms with E-state index >= 15 is 0 Å². The Kier molecular flexibility index (Phi) is 4.11. The Hall–Kier alpha value is -3.85. The molecule has 0 aliphatic carbocycles. The molecule has 3 heteroatoms. The first-order valence-corrected chi connectivity index (χ1v) is 9.33. The molecule has 0 atom stereocenters. The average molecular weight is 361 g/mol. The van der Waals surface area contributed by atoms with E-state index in [4.69, 9.17) is 5.10 Å². The van der Waals surface area contributed by atoms with E-state index in [1.165, 1.54) is 10.8 Å². The molecular formula is C25H19N3. The first-order chi connectivity index (χ1) is 13.9. The lowest BCUT2D eigenvalue weighted by atomic mass is 10.1. The molecule has 0 fully saturated rings. The van der Waals surface area contributed by atoms with Crippen LogP contribution in [-0.4, -0.2) is 9.78 Å². The third-order valence-electron chi connectivity index (χ3n) is 4.80. The molecule has 0 unspecified atom stereocenters. The van der Waals surface area contributed by atoms with Crippen LogP contribution in [0.5, 0.6) is 0 Å². The van der Waals surface area contributed by atoms with Crippen LogP contribution in [0.3, 0.4) is 0 Å². The van der Waals surface area contributed by atoms with E-state index in [9.17, 15) is 0 Å². The van der Waals surface area contributed by atoms with Gasteiger partial charge in [-0.15, -0.1) is 0 Å².